The van der Waals surface area contributed by atoms with Crippen LogP contribution in [0.5, 0.6) is 0 Å². The Balaban J connectivity index is 1.30. The third-order valence-electron chi connectivity index (χ3n) is 5.16. The number of aryl methyl sites for hydroxylation is 2. The first kappa shape index (κ1) is 19.8. The minimum atomic E-state index is -0.312. The molecule has 2 heterocycles. The van der Waals surface area contributed by atoms with E-state index in [1.165, 1.54) is 27.7 Å². The molecule has 0 fully saturated rings. The largest absolute Gasteiger partial charge is 0.451 e. The number of fused-ring (bicyclic) bond motifs is 2. The molecule has 3 aromatic carbocycles. The van der Waals surface area contributed by atoms with E-state index in [9.17, 15) is 4.79 Å². The number of nitrogens with zero attached hydrogens (tertiary/aromatic N) is 2. The van der Waals surface area contributed by atoms with Crippen LogP contribution < -0.4 is 5.32 Å². The summed E-state index contributed by atoms with van der Waals surface area (Å²) in [6, 6.07) is 20.5. The van der Waals surface area contributed by atoms with Gasteiger partial charge in [0.2, 0.25) is 5.13 Å². The molecule has 1 N–H and O–H groups in total. The van der Waals surface area contributed by atoms with Crippen molar-refractivity contribution in [2.24, 2.45) is 0 Å². The molecule has 0 bridgehead atoms. The summed E-state index contributed by atoms with van der Waals surface area (Å²) in [5.41, 5.74) is 3.90. The third kappa shape index (κ3) is 3.94. The summed E-state index contributed by atoms with van der Waals surface area (Å²) >= 11 is 2.97. The molecule has 0 aliphatic carbocycles. The Hall–Kier alpha value is -3.16. The predicted octanol–water partition coefficient (Wildman–Crippen LogP) is 6.60. The normalized spacial score (nSPS) is 11.3. The van der Waals surface area contributed by atoms with Crippen molar-refractivity contribution in [3.05, 3.63) is 83.1 Å². The number of thioether (sulfide) groups is 1. The molecule has 0 saturated heterocycles. The van der Waals surface area contributed by atoms with Crippen molar-refractivity contribution < 1.29 is 9.21 Å². The Morgan fingerprint density at radius 1 is 1.03 bits per heavy atom. The van der Waals surface area contributed by atoms with Crippen LogP contribution in [0.1, 0.15) is 27.2 Å². The summed E-state index contributed by atoms with van der Waals surface area (Å²) in [6.07, 6.45) is 0. The van der Waals surface area contributed by atoms with Crippen LogP contribution in [0, 0.1) is 13.8 Å². The maximum atomic E-state index is 12.8. The number of hydrogen-bond donors (Lipinski definition) is 1. The molecule has 0 spiro atoms. The van der Waals surface area contributed by atoms with E-state index >= 15 is 0 Å². The molecule has 5 rings (SSSR count). The maximum Gasteiger partial charge on any atom is 0.293 e. The minimum absolute atomic E-state index is 0.306. The lowest BCUT2D eigenvalue weighted by Gasteiger charge is -2.04. The van der Waals surface area contributed by atoms with Crippen LogP contribution in [0.15, 0.2) is 69.4 Å². The first-order chi connectivity index (χ1) is 15.1. The van der Waals surface area contributed by atoms with Gasteiger partial charge >= 0.3 is 0 Å². The third-order valence-corrected chi connectivity index (χ3v) is 7.18. The predicted molar refractivity (Wildman–Crippen MR) is 127 cm³/mol. The van der Waals surface area contributed by atoms with Gasteiger partial charge in [-0.1, -0.05) is 77.2 Å². The van der Waals surface area contributed by atoms with E-state index in [1.807, 2.05) is 38.1 Å². The van der Waals surface area contributed by atoms with E-state index in [-0.39, 0.29) is 5.91 Å². The van der Waals surface area contributed by atoms with Crippen molar-refractivity contribution in [2.45, 2.75) is 23.9 Å². The molecule has 5 nitrogen and oxygen atoms in total. The zero-order valence-electron chi connectivity index (χ0n) is 17.0. The van der Waals surface area contributed by atoms with Gasteiger partial charge in [0.15, 0.2) is 10.1 Å². The highest BCUT2D eigenvalue weighted by molar-refractivity contribution is 8.00. The molecule has 2 aromatic heterocycles. The molecule has 0 saturated carbocycles. The number of rotatable bonds is 5. The highest BCUT2D eigenvalue weighted by atomic mass is 32.2. The molecular formula is C24H19N3O2S2. The number of anilines is 1. The topological polar surface area (TPSA) is 68.0 Å². The number of amides is 1. The molecule has 0 radical (unpaired) electrons. The molecule has 31 heavy (non-hydrogen) atoms. The maximum absolute atomic E-state index is 12.8. The van der Waals surface area contributed by atoms with E-state index in [1.54, 1.807) is 11.8 Å². The van der Waals surface area contributed by atoms with Gasteiger partial charge in [-0.2, -0.15) is 0 Å². The van der Waals surface area contributed by atoms with Crippen LogP contribution in [-0.2, 0) is 5.75 Å². The second-order valence-corrected chi connectivity index (χ2v) is 9.51. The number of nitrogens with one attached hydrogen (secondary N) is 1. The standard InChI is InChI=1S/C24H19N3O2S2/c1-14-10-11-20-19(12-14)15(2)21(29-20)22(28)25-23-26-27-24(31-23)30-13-17-8-5-7-16-6-3-4-9-18(16)17/h3-12H,13H2,1-2H3,(H,25,26,28). The number of benzene rings is 3. The van der Waals surface area contributed by atoms with Gasteiger partial charge in [0, 0.05) is 16.7 Å². The smallest absolute Gasteiger partial charge is 0.293 e. The van der Waals surface area contributed by atoms with Crippen molar-refractivity contribution >= 4 is 55.9 Å². The van der Waals surface area contributed by atoms with Gasteiger partial charge in [0.1, 0.15) is 5.58 Å². The molecule has 154 valence electrons. The summed E-state index contributed by atoms with van der Waals surface area (Å²) in [7, 11) is 0. The van der Waals surface area contributed by atoms with Gasteiger partial charge < -0.3 is 4.42 Å². The molecule has 7 heteroatoms. The van der Waals surface area contributed by atoms with Crippen LogP contribution in [0.2, 0.25) is 0 Å². The lowest BCUT2D eigenvalue weighted by Crippen LogP contribution is -2.11. The first-order valence-electron chi connectivity index (χ1n) is 9.82. The summed E-state index contributed by atoms with van der Waals surface area (Å²) in [5.74, 6) is 0.778. The summed E-state index contributed by atoms with van der Waals surface area (Å²) in [4.78, 5) is 12.8. The highest BCUT2D eigenvalue weighted by Crippen LogP contribution is 2.32. The SMILES string of the molecule is Cc1ccc2oc(C(=O)Nc3nnc(SCc4cccc5ccccc45)s3)c(C)c2c1. The van der Waals surface area contributed by atoms with E-state index in [0.717, 1.165) is 26.6 Å². The average molecular weight is 446 g/mol. The monoisotopic (exact) mass is 445 g/mol. The molecule has 0 atom stereocenters. The zero-order chi connectivity index (χ0) is 21.4. The molecule has 1 amide bonds. The van der Waals surface area contributed by atoms with Gasteiger partial charge in [0.25, 0.3) is 5.91 Å². The fourth-order valence-corrected chi connectivity index (χ4v) is 5.33. The van der Waals surface area contributed by atoms with Gasteiger partial charge in [-0.15, -0.1) is 10.2 Å². The van der Waals surface area contributed by atoms with Gasteiger partial charge in [-0.25, -0.2) is 0 Å². The number of carbonyl (C=O) groups excluding carboxylic acids is 1. The Labute approximate surface area is 187 Å². The number of furan rings is 1. The van der Waals surface area contributed by atoms with Crippen LogP contribution in [-0.4, -0.2) is 16.1 Å². The van der Waals surface area contributed by atoms with Crippen LogP contribution in [0.4, 0.5) is 5.13 Å². The lowest BCUT2D eigenvalue weighted by atomic mass is 10.1. The number of aromatic nitrogens is 2. The molecule has 0 aliphatic rings. The molecule has 0 aliphatic heterocycles. The Morgan fingerprint density at radius 3 is 2.77 bits per heavy atom. The molecular weight excluding hydrogens is 426 g/mol. The van der Waals surface area contributed by atoms with E-state index in [0.29, 0.717) is 16.5 Å². The van der Waals surface area contributed by atoms with Crippen LogP contribution >= 0.6 is 23.1 Å². The van der Waals surface area contributed by atoms with E-state index in [4.69, 9.17) is 4.42 Å². The van der Waals surface area contributed by atoms with Crippen molar-refractivity contribution in [1.82, 2.24) is 10.2 Å². The van der Waals surface area contributed by atoms with E-state index in [2.05, 4.69) is 51.9 Å². The molecule has 0 unspecified atom stereocenters. The van der Waals surface area contributed by atoms with Crippen LogP contribution in [0.3, 0.4) is 0 Å². The van der Waals surface area contributed by atoms with Crippen LogP contribution in [0.25, 0.3) is 21.7 Å². The molecule has 5 aromatic rings. The quantitative estimate of drug-likeness (QED) is 0.244. The average Bonchev–Trinajstić information content (AvgIpc) is 3.36. The Kier molecular flexibility index (Phi) is 5.21. The second-order valence-electron chi connectivity index (χ2n) is 7.31. The first-order valence-corrected chi connectivity index (χ1v) is 11.6. The Morgan fingerprint density at radius 2 is 1.87 bits per heavy atom. The van der Waals surface area contributed by atoms with Crippen molar-refractivity contribution in [3.8, 4) is 0 Å². The van der Waals surface area contributed by atoms with Gasteiger partial charge in [0.05, 0.1) is 0 Å². The summed E-state index contributed by atoms with van der Waals surface area (Å²) < 4.78 is 6.59. The fourth-order valence-electron chi connectivity index (χ4n) is 3.58. The Bertz CT molecular complexity index is 1420. The van der Waals surface area contributed by atoms with Crippen molar-refractivity contribution in [2.75, 3.05) is 5.32 Å². The summed E-state index contributed by atoms with van der Waals surface area (Å²) in [6.45, 7) is 3.91. The minimum Gasteiger partial charge on any atom is -0.451 e. The van der Waals surface area contributed by atoms with E-state index < -0.39 is 0 Å². The highest BCUT2D eigenvalue weighted by Gasteiger charge is 2.19. The number of hydrogen-bond acceptors (Lipinski definition) is 6. The second kappa shape index (κ2) is 8.17. The number of carbonyl (C=O) groups is 1. The lowest BCUT2D eigenvalue weighted by molar-refractivity contribution is 0.0998. The van der Waals surface area contributed by atoms with Gasteiger partial charge in [-0.3, -0.25) is 10.1 Å². The zero-order valence-corrected chi connectivity index (χ0v) is 18.6. The fraction of sp³-hybridized carbons (Fsp3) is 0.125. The van der Waals surface area contributed by atoms with Crippen molar-refractivity contribution in [3.63, 3.8) is 0 Å². The van der Waals surface area contributed by atoms with Gasteiger partial charge in [-0.05, 0) is 42.3 Å². The van der Waals surface area contributed by atoms with Crippen molar-refractivity contribution in [1.29, 1.82) is 0 Å². The summed E-state index contributed by atoms with van der Waals surface area (Å²) in [5, 5.41) is 15.0.